The highest BCUT2D eigenvalue weighted by atomic mass is 32.2. The summed E-state index contributed by atoms with van der Waals surface area (Å²) in [7, 11) is -4.03. The maximum absolute atomic E-state index is 12.2. The summed E-state index contributed by atoms with van der Waals surface area (Å²) in [5, 5.41) is 11.5. The number of carboxylic acids is 1. The van der Waals surface area contributed by atoms with E-state index < -0.39 is 22.0 Å². The first-order valence-electron chi connectivity index (χ1n) is 5.95. The Morgan fingerprint density at radius 3 is 2.86 bits per heavy atom. The molecular weight excluding hydrogens is 296 g/mol. The quantitative estimate of drug-likeness (QED) is 0.659. The third kappa shape index (κ3) is 3.21. The lowest BCUT2D eigenvalue weighted by Crippen LogP contribution is -2.40. The highest BCUT2D eigenvalue weighted by Crippen LogP contribution is 2.25. The van der Waals surface area contributed by atoms with Gasteiger partial charge in [0.2, 0.25) is 15.9 Å². The Hall–Kier alpha value is -2.37. The van der Waals surface area contributed by atoms with Crippen molar-refractivity contribution in [2.24, 2.45) is 0 Å². The van der Waals surface area contributed by atoms with Crippen molar-refractivity contribution >= 4 is 27.6 Å². The number of fused-ring (bicyclic) bond motifs is 1. The highest BCUT2D eigenvalue weighted by Gasteiger charge is 2.26. The SMILES string of the molecule is C#CCC(NS(=O)(=O)c1ccc2c(c1)CC(=O)N2)C(=O)O. The molecule has 1 heterocycles. The summed E-state index contributed by atoms with van der Waals surface area (Å²) in [6, 6.07) is 2.70. The minimum atomic E-state index is -4.03. The lowest BCUT2D eigenvalue weighted by atomic mass is 10.2. The molecule has 0 aliphatic carbocycles. The molecule has 1 aromatic carbocycles. The minimum Gasteiger partial charge on any atom is -0.480 e. The number of amides is 1. The van der Waals surface area contributed by atoms with Crippen LogP contribution in [0, 0.1) is 12.3 Å². The predicted molar refractivity (Wildman–Crippen MR) is 74.0 cm³/mol. The Balaban J connectivity index is 2.28. The van der Waals surface area contributed by atoms with Crippen LogP contribution >= 0.6 is 0 Å². The first kappa shape index (κ1) is 15.0. The molecule has 0 radical (unpaired) electrons. The molecule has 1 aromatic rings. The van der Waals surface area contributed by atoms with Crippen molar-refractivity contribution in [1.29, 1.82) is 0 Å². The number of carbonyl (C=O) groups is 2. The average molecular weight is 308 g/mol. The summed E-state index contributed by atoms with van der Waals surface area (Å²) in [4.78, 5) is 22.1. The van der Waals surface area contributed by atoms with Gasteiger partial charge in [-0.1, -0.05) is 0 Å². The van der Waals surface area contributed by atoms with Gasteiger partial charge in [-0.15, -0.1) is 12.3 Å². The van der Waals surface area contributed by atoms with Crippen molar-refractivity contribution in [2.75, 3.05) is 5.32 Å². The summed E-state index contributed by atoms with van der Waals surface area (Å²) in [6.45, 7) is 0. The van der Waals surface area contributed by atoms with E-state index >= 15 is 0 Å². The second kappa shape index (κ2) is 5.55. The molecule has 0 bridgehead atoms. The third-order valence-corrected chi connectivity index (χ3v) is 4.40. The summed E-state index contributed by atoms with van der Waals surface area (Å²) < 4.78 is 26.3. The van der Waals surface area contributed by atoms with Crippen LogP contribution in [0.15, 0.2) is 23.1 Å². The molecule has 0 fully saturated rings. The van der Waals surface area contributed by atoms with Gasteiger partial charge in [0.05, 0.1) is 11.3 Å². The lowest BCUT2D eigenvalue weighted by molar-refractivity contribution is -0.138. The number of anilines is 1. The van der Waals surface area contributed by atoms with Crippen molar-refractivity contribution in [3.05, 3.63) is 23.8 Å². The number of carbonyl (C=O) groups excluding carboxylic acids is 1. The molecule has 2 rings (SSSR count). The van der Waals surface area contributed by atoms with Crippen LogP contribution in [-0.4, -0.2) is 31.4 Å². The molecule has 1 aliphatic rings. The van der Waals surface area contributed by atoms with Gasteiger partial charge in [0.1, 0.15) is 6.04 Å². The van der Waals surface area contributed by atoms with Crippen LogP contribution in [0.3, 0.4) is 0 Å². The van der Waals surface area contributed by atoms with Crippen molar-refractivity contribution in [1.82, 2.24) is 4.72 Å². The number of rotatable bonds is 5. The zero-order valence-electron chi connectivity index (χ0n) is 10.8. The van der Waals surface area contributed by atoms with Crippen LogP contribution in [0.4, 0.5) is 5.69 Å². The number of carboxylic acid groups (broad SMARTS) is 1. The van der Waals surface area contributed by atoms with Gasteiger partial charge in [-0.25, -0.2) is 8.42 Å². The van der Waals surface area contributed by atoms with Crippen molar-refractivity contribution in [2.45, 2.75) is 23.8 Å². The van der Waals surface area contributed by atoms with Gasteiger partial charge in [0, 0.05) is 12.1 Å². The molecule has 21 heavy (non-hydrogen) atoms. The van der Waals surface area contributed by atoms with Gasteiger partial charge >= 0.3 is 5.97 Å². The number of nitrogens with one attached hydrogen (secondary N) is 2. The molecule has 110 valence electrons. The molecule has 1 amide bonds. The standard InChI is InChI=1S/C13H12N2O5S/c1-2-3-11(13(17)18)15-21(19,20)9-4-5-10-8(6-9)7-12(16)14-10/h1,4-6,11,15H,3,7H2,(H,14,16)(H,17,18). The van der Waals surface area contributed by atoms with Crippen LogP contribution < -0.4 is 10.0 Å². The normalized spacial score (nSPS) is 14.9. The Morgan fingerprint density at radius 2 is 2.24 bits per heavy atom. The molecule has 0 saturated carbocycles. The van der Waals surface area contributed by atoms with Gasteiger partial charge in [-0.3, -0.25) is 9.59 Å². The lowest BCUT2D eigenvalue weighted by Gasteiger charge is -2.13. The molecule has 7 nitrogen and oxygen atoms in total. The number of aliphatic carboxylic acids is 1. The molecular formula is C13H12N2O5S. The fraction of sp³-hybridized carbons (Fsp3) is 0.231. The van der Waals surface area contributed by atoms with E-state index in [1.165, 1.54) is 18.2 Å². The second-order valence-corrected chi connectivity index (χ2v) is 6.18. The van der Waals surface area contributed by atoms with E-state index in [-0.39, 0.29) is 23.6 Å². The Kier molecular flexibility index (Phi) is 3.97. The van der Waals surface area contributed by atoms with Crippen LogP contribution in [0.2, 0.25) is 0 Å². The summed E-state index contributed by atoms with van der Waals surface area (Å²) in [5.41, 5.74) is 1.10. The van der Waals surface area contributed by atoms with E-state index in [1.807, 2.05) is 4.72 Å². The number of hydrogen-bond donors (Lipinski definition) is 3. The van der Waals surface area contributed by atoms with Crippen molar-refractivity contribution < 1.29 is 23.1 Å². The van der Waals surface area contributed by atoms with E-state index in [1.54, 1.807) is 0 Å². The number of hydrogen-bond acceptors (Lipinski definition) is 4. The summed E-state index contributed by atoms with van der Waals surface area (Å²) in [6.07, 6.45) is 4.84. The Labute approximate surface area is 121 Å². The largest absolute Gasteiger partial charge is 0.480 e. The summed E-state index contributed by atoms with van der Waals surface area (Å²) >= 11 is 0. The van der Waals surface area contributed by atoms with Crippen LogP contribution in [0.5, 0.6) is 0 Å². The summed E-state index contributed by atoms with van der Waals surface area (Å²) in [5.74, 6) is 0.537. The predicted octanol–water partition coefficient (Wildman–Crippen LogP) is -0.0640. The molecule has 0 spiro atoms. The van der Waals surface area contributed by atoms with Crippen molar-refractivity contribution in [3.63, 3.8) is 0 Å². The zero-order chi connectivity index (χ0) is 15.6. The van der Waals surface area contributed by atoms with Gasteiger partial charge in [-0.2, -0.15) is 4.72 Å². The fourth-order valence-electron chi connectivity index (χ4n) is 1.93. The molecule has 8 heteroatoms. The van der Waals surface area contributed by atoms with E-state index in [4.69, 9.17) is 11.5 Å². The topological polar surface area (TPSA) is 113 Å². The molecule has 1 unspecified atom stereocenters. The molecule has 1 aliphatic heterocycles. The minimum absolute atomic E-state index is 0.0887. The zero-order valence-corrected chi connectivity index (χ0v) is 11.6. The average Bonchev–Trinajstić information content (AvgIpc) is 2.76. The van der Waals surface area contributed by atoms with Gasteiger partial charge in [0.25, 0.3) is 0 Å². The smallest absolute Gasteiger partial charge is 0.322 e. The van der Waals surface area contributed by atoms with E-state index in [2.05, 4.69) is 11.2 Å². The fourth-order valence-corrected chi connectivity index (χ4v) is 3.16. The monoisotopic (exact) mass is 308 g/mol. The Bertz CT molecular complexity index is 748. The second-order valence-electron chi connectivity index (χ2n) is 4.46. The first-order chi connectivity index (χ1) is 9.83. The van der Waals surface area contributed by atoms with Crippen molar-refractivity contribution in [3.8, 4) is 12.3 Å². The third-order valence-electron chi connectivity index (χ3n) is 2.93. The van der Waals surface area contributed by atoms with E-state index in [9.17, 15) is 18.0 Å². The highest BCUT2D eigenvalue weighted by molar-refractivity contribution is 7.89. The number of sulfonamides is 1. The maximum Gasteiger partial charge on any atom is 0.322 e. The Morgan fingerprint density at radius 1 is 1.52 bits per heavy atom. The van der Waals surface area contributed by atoms with E-state index in [0.717, 1.165) is 0 Å². The van der Waals surface area contributed by atoms with Gasteiger partial charge in [-0.05, 0) is 23.8 Å². The van der Waals surface area contributed by atoms with Gasteiger partial charge in [0.15, 0.2) is 0 Å². The van der Waals surface area contributed by atoms with Gasteiger partial charge < -0.3 is 10.4 Å². The maximum atomic E-state index is 12.2. The number of benzene rings is 1. The molecule has 3 N–H and O–H groups in total. The first-order valence-corrected chi connectivity index (χ1v) is 7.43. The molecule has 0 aromatic heterocycles. The van der Waals surface area contributed by atoms with Crippen LogP contribution in [0.1, 0.15) is 12.0 Å². The van der Waals surface area contributed by atoms with Crippen LogP contribution in [-0.2, 0) is 26.0 Å². The number of terminal acetylenes is 1. The molecule has 1 atom stereocenters. The van der Waals surface area contributed by atoms with E-state index in [0.29, 0.717) is 11.3 Å². The van der Waals surface area contributed by atoms with Crippen LogP contribution in [0.25, 0.3) is 0 Å². The molecule has 0 saturated heterocycles.